The maximum absolute atomic E-state index is 12.8. The van der Waals surface area contributed by atoms with Gasteiger partial charge in [-0.25, -0.2) is 9.59 Å². The minimum Gasteiger partial charge on any atom is -0.462 e. The summed E-state index contributed by atoms with van der Waals surface area (Å²) in [6.45, 7) is 3.09. The van der Waals surface area contributed by atoms with Gasteiger partial charge in [0.15, 0.2) is 6.61 Å². The van der Waals surface area contributed by atoms with Gasteiger partial charge in [-0.3, -0.25) is 19.3 Å². The third-order valence-electron chi connectivity index (χ3n) is 6.42. The summed E-state index contributed by atoms with van der Waals surface area (Å²) in [4.78, 5) is 63.0. The van der Waals surface area contributed by atoms with Crippen LogP contribution in [-0.2, 0) is 28.7 Å². The third kappa shape index (κ3) is 4.27. The molecule has 1 N–H and O–H groups in total. The number of imide groups is 1. The highest BCUT2D eigenvalue weighted by molar-refractivity contribution is 6.09. The molecule has 0 unspecified atom stereocenters. The number of hydrogen-bond acceptors (Lipinski definition) is 7. The quantitative estimate of drug-likeness (QED) is 0.362. The highest BCUT2D eigenvalue weighted by atomic mass is 16.5. The van der Waals surface area contributed by atoms with Crippen molar-refractivity contribution < 1.29 is 33.4 Å². The van der Waals surface area contributed by atoms with E-state index in [0.29, 0.717) is 17.9 Å². The number of fused-ring (bicyclic) bond motifs is 5. The van der Waals surface area contributed by atoms with E-state index in [1.807, 2.05) is 19.1 Å². The molecule has 1 saturated heterocycles. The third-order valence-corrected chi connectivity index (χ3v) is 6.42. The molecule has 1 saturated carbocycles. The number of nitrogens with one attached hydrogen (secondary N) is 1. The lowest BCUT2D eigenvalue weighted by Crippen LogP contribution is -2.45. The van der Waals surface area contributed by atoms with Crippen molar-refractivity contribution in [1.29, 1.82) is 0 Å². The molecular formula is C24H26N2O7. The number of carbonyl (C=O) groups excluding carboxylic acids is 5. The molecule has 2 bridgehead atoms. The second-order valence-electron chi connectivity index (χ2n) is 8.59. The van der Waals surface area contributed by atoms with Gasteiger partial charge in [-0.15, -0.1) is 0 Å². The van der Waals surface area contributed by atoms with Gasteiger partial charge >= 0.3 is 11.9 Å². The SMILES string of the molecule is CCCOC(=O)c1ccc(NC(=O)COC(=O)[C@H](C)N2C(=O)[C@@H]3[C@@H](C2=O)[C@H]2C=C[C@H]3C2)cc1. The lowest BCUT2D eigenvalue weighted by molar-refractivity contribution is -0.159. The van der Waals surface area contributed by atoms with Crippen LogP contribution < -0.4 is 5.32 Å². The van der Waals surface area contributed by atoms with Crippen LogP contribution in [0.25, 0.3) is 0 Å². The maximum Gasteiger partial charge on any atom is 0.338 e. The second kappa shape index (κ2) is 9.17. The van der Waals surface area contributed by atoms with Gasteiger partial charge in [0.05, 0.1) is 24.0 Å². The number of ether oxygens (including phenoxy) is 2. The fourth-order valence-electron chi connectivity index (χ4n) is 4.83. The number of anilines is 1. The van der Waals surface area contributed by atoms with Crippen LogP contribution in [-0.4, -0.2) is 53.8 Å². The zero-order valence-electron chi connectivity index (χ0n) is 18.5. The smallest absolute Gasteiger partial charge is 0.338 e. The molecule has 2 aliphatic carbocycles. The lowest BCUT2D eigenvalue weighted by atomic mass is 9.85. The number of benzene rings is 1. The van der Waals surface area contributed by atoms with E-state index in [9.17, 15) is 24.0 Å². The fraction of sp³-hybridized carbons (Fsp3) is 0.458. The van der Waals surface area contributed by atoms with Crippen molar-refractivity contribution in [1.82, 2.24) is 4.90 Å². The molecule has 9 heteroatoms. The lowest BCUT2D eigenvalue weighted by Gasteiger charge is -2.23. The van der Waals surface area contributed by atoms with Crippen molar-refractivity contribution in [2.75, 3.05) is 18.5 Å². The first-order valence-electron chi connectivity index (χ1n) is 11.1. The van der Waals surface area contributed by atoms with Crippen LogP contribution in [0.3, 0.4) is 0 Å². The van der Waals surface area contributed by atoms with Crippen LogP contribution in [0.1, 0.15) is 37.0 Å². The van der Waals surface area contributed by atoms with Crippen molar-refractivity contribution in [3.63, 3.8) is 0 Å². The largest absolute Gasteiger partial charge is 0.462 e. The molecule has 1 aromatic carbocycles. The monoisotopic (exact) mass is 454 g/mol. The zero-order chi connectivity index (χ0) is 23.7. The molecule has 5 atom stereocenters. The van der Waals surface area contributed by atoms with E-state index < -0.39 is 42.3 Å². The summed E-state index contributed by atoms with van der Waals surface area (Å²) in [6, 6.07) is 5.01. The maximum atomic E-state index is 12.8. The van der Waals surface area contributed by atoms with Gasteiger partial charge in [0.2, 0.25) is 11.8 Å². The summed E-state index contributed by atoms with van der Waals surface area (Å²) >= 11 is 0. The van der Waals surface area contributed by atoms with E-state index >= 15 is 0 Å². The molecule has 3 amide bonds. The Morgan fingerprint density at radius 3 is 2.21 bits per heavy atom. The van der Waals surface area contributed by atoms with Crippen molar-refractivity contribution in [2.24, 2.45) is 23.7 Å². The number of carbonyl (C=O) groups is 5. The van der Waals surface area contributed by atoms with Crippen molar-refractivity contribution in [2.45, 2.75) is 32.7 Å². The molecule has 0 radical (unpaired) electrons. The normalized spacial score (nSPS) is 25.7. The Labute approximate surface area is 191 Å². The van der Waals surface area contributed by atoms with Gasteiger partial charge in [-0.05, 0) is 55.9 Å². The summed E-state index contributed by atoms with van der Waals surface area (Å²) in [5.41, 5.74) is 0.770. The Morgan fingerprint density at radius 1 is 1.03 bits per heavy atom. The van der Waals surface area contributed by atoms with Crippen LogP contribution in [0, 0.1) is 23.7 Å². The first kappa shape index (κ1) is 22.7. The Balaban J connectivity index is 1.27. The fourth-order valence-corrected chi connectivity index (χ4v) is 4.83. The Hall–Kier alpha value is -3.49. The van der Waals surface area contributed by atoms with Crippen LogP contribution in [0.5, 0.6) is 0 Å². The number of likely N-dealkylation sites (tertiary alicyclic amines) is 1. The molecular weight excluding hydrogens is 428 g/mol. The molecule has 1 heterocycles. The van der Waals surface area contributed by atoms with E-state index in [4.69, 9.17) is 9.47 Å². The minimum absolute atomic E-state index is 0.0512. The highest BCUT2D eigenvalue weighted by Crippen LogP contribution is 2.52. The second-order valence-corrected chi connectivity index (χ2v) is 8.59. The molecule has 3 aliphatic rings. The minimum atomic E-state index is -1.10. The summed E-state index contributed by atoms with van der Waals surface area (Å²) in [5.74, 6) is -3.22. The van der Waals surface area contributed by atoms with E-state index in [0.717, 1.165) is 17.7 Å². The molecule has 1 aliphatic heterocycles. The van der Waals surface area contributed by atoms with Crippen LogP contribution in [0.2, 0.25) is 0 Å². The molecule has 0 spiro atoms. The van der Waals surface area contributed by atoms with Crippen molar-refractivity contribution in [3.05, 3.63) is 42.0 Å². The predicted molar refractivity (Wildman–Crippen MR) is 116 cm³/mol. The van der Waals surface area contributed by atoms with Crippen LogP contribution in [0.15, 0.2) is 36.4 Å². The van der Waals surface area contributed by atoms with E-state index in [2.05, 4.69) is 5.32 Å². The number of rotatable bonds is 8. The number of esters is 2. The van der Waals surface area contributed by atoms with Gasteiger partial charge in [0, 0.05) is 5.69 Å². The van der Waals surface area contributed by atoms with Crippen LogP contribution in [0.4, 0.5) is 5.69 Å². The van der Waals surface area contributed by atoms with Gasteiger partial charge in [-0.2, -0.15) is 0 Å². The highest BCUT2D eigenvalue weighted by Gasteiger charge is 2.60. The number of hydrogen-bond donors (Lipinski definition) is 1. The summed E-state index contributed by atoms with van der Waals surface area (Å²) in [6.07, 6.45) is 5.49. The van der Waals surface area contributed by atoms with Gasteiger partial charge in [0.25, 0.3) is 5.91 Å². The van der Waals surface area contributed by atoms with E-state index in [1.165, 1.54) is 31.2 Å². The first-order chi connectivity index (χ1) is 15.8. The molecule has 2 fully saturated rings. The van der Waals surface area contributed by atoms with Gasteiger partial charge in [-0.1, -0.05) is 19.1 Å². The average molecular weight is 454 g/mol. The summed E-state index contributed by atoms with van der Waals surface area (Å²) in [7, 11) is 0. The van der Waals surface area contributed by atoms with Crippen LogP contribution >= 0.6 is 0 Å². The van der Waals surface area contributed by atoms with E-state index in [-0.39, 0.29) is 23.7 Å². The predicted octanol–water partition coefficient (Wildman–Crippen LogP) is 1.93. The topological polar surface area (TPSA) is 119 Å². The van der Waals surface area contributed by atoms with Gasteiger partial charge in [0.1, 0.15) is 6.04 Å². The molecule has 4 rings (SSSR count). The Morgan fingerprint density at radius 2 is 1.64 bits per heavy atom. The Kier molecular flexibility index (Phi) is 6.31. The number of amides is 3. The molecule has 9 nitrogen and oxygen atoms in total. The zero-order valence-corrected chi connectivity index (χ0v) is 18.5. The van der Waals surface area contributed by atoms with Crippen molar-refractivity contribution >= 4 is 35.3 Å². The number of allylic oxidation sites excluding steroid dienone is 2. The first-order valence-corrected chi connectivity index (χ1v) is 11.1. The molecule has 33 heavy (non-hydrogen) atoms. The summed E-state index contributed by atoms with van der Waals surface area (Å²) < 4.78 is 10.1. The molecule has 174 valence electrons. The number of nitrogens with zero attached hydrogens (tertiary/aromatic N) is 1. The Bertz CT molecular complexity index is 986. The molecule has 0 aromatic heterocycles. The van der Waals surface area contributed by atoms with Crippen molar-refractivity contribution in [3.8, 4) is 0 Å². The molecule has 1 aromatic rings. The van der Waals surface area contributed by atoms with E-state index in [1.54, 1.807) is 0 Å². The average Bonchev–Trinajstić information content (AvgIpc) is 3.49. The summed E-state index contributed by atoms with van der Waals surface area (Å²) in [5, 5.41) is 2.56. The van der Waals surface area contributed by atoms with Gasteiger partial charge < -0.3 is 14.8 Å². The standard InChI is InChI=1S/C24H26N2O7/c1-3-10-32-24(31)14-6-8-17(9-7-14)25-18(27)12-33-23(30)13(2)26-21(28)19-15-4-5-16(11-15)20(19)22(26)29/h4-9,13,15-16,19-20H,3,10-12H2,1-2H3,(H,25,27)/t13-,15-,16-,19-,20-/m0/s1.